The van der Waals surface area contributed by atoms with Gasteiger partial charge in [0.1, 0.15) is 5.75 Å². The van der Waals surface area contributed by atoms with Gasteiger partial charge in [-0.25, -0.2) is 0 Å². The minimum Gasteiger partial charge on any atom is -0.497 e. The third-order valence-electron chi connectivity index (χ3n) is 4.93. The average Bonchev–Trinajstić information content (AvgIpc) is 3.15. The summed E-state index contributed by atoms with van der Waals surface area (Å²) >= 11 is 0. The van der Waals surface area contributed by atoms with Crippen LogP contribution in [0, 0.1) is 5.41 Å². The number of ether oxygens (including phenoxy) is 1. The van der Waals surface area contributed by atoms with Crippen molar-refractivity contribution >= 4 is 0 Å². The van der Waals surface area contributed by atoms with Crippen LogP contribution in [0.4, 0.5) is 0 Å². The Balaban J connectivity index is 1.78. The van der Waals surface area contributed by atoms with Crippen LogP contribution >= 0.6 is 0 Å². The minimum atomic E-state index is 0.368. The number of hydrogen-bond acceptors (Lipinski definition) is 2. The fourth-order valence-corrected chi connectivity index (χ4v) is 3.69. The quantitative estimate of drug-likeness (QED) is 0.873. The first-order chi connectivity index (χ1) is 9.07. The fraction of sp³-hybridized carbons (Fsp3) is 0.647. The molecule has 1 aromatic rings. The van der Waals surface area contributed by atoms with Gasteiger partial charge in [-0.1, -0.05) is 26.0 Å². The first kappa shape index (κ1) is 13.0. The van der Waals surface area contributed by atoms with Gasteiger partial charge in [-0.15, -0.1) is 0 Å². The van der Waals surface area contributed by atoms with E-state index in [1.807, 2.05) is 0 Å². The van der Waals surface area contributed by atoms with Crippen LogP contribution in [0.25, 0.3) is 0 Å². The van der Waals surface area contributed by atoms with Crippen molar-refractivity contribution in [1.29, 1.82) is 0 Å². The van der Waals surface area contributed by atoms with Crippen molar-refractivity contribution in [3.8, 4) is 5.75 Å². The molecule has 0 atom stereocenters. The molecule has 0 aliphatic heterocycles. The summed E-state index contributed by atoms with van der Waals surface area (Å²) in [6.45, 7) is 5.57. The van der Waals surface area contributed by atoms with Crippen molar-refractivity contribution in [1.82, 2.24) is 5.32 Å². The van der Waals surface area contributed by atoms with Gasteiger partial charge in [-0.2, -0.15) is 0 Å². The van der Waals surface area contributed by atoms with Gasteiger partial charge in [0.05, 0.1) is 7.11 Å². The van der Waals surface area contributed by atoms with Crippen LogP contribution in [0.5, 0.6) is 5.75 Å². The van der Waals surface area contributed by atoms with E-state index in [4.69, 9.17) is 4.74 Å². The second-order valence-electron chi connectivity index (χ2n) is 6.90. The average molecular weight is 259 g/mol. The maximum Gasteiger partial charge on any atom is 0.118 e. The molecule has 2 saturated carbocycles. The zero-order valence-corrected chi connectivity index (χ0v) is 12.3. The summed E-state index contributed by atoms with van der Waals surface area (Å²) in [5, 5.41) is 3.65. The molecular formula is C17H25NO. The molecular weight excluding hydrogens is 234 g/mol. The largest absolute Gasteiger partial charge is 0.497 e. The second-order valence-corrected chi connectivity index (χ2v) is 6.90. The lowest BCUT2D eigenvalue weighted by molar-refractivity contribution is 0.114. The molecule has 2 aliphatic carbocycles. The van der Waals surface area contributed by atoms with Gasteiger partial charge in [0.25, 0.3) is 0 Å². The van der Waals surface area contributed by atoms with Crippen molar-refractivity contribution in [2.24, 2.45) is 5.41 Å². The Labute approximate surface area is 116 Å². The molecule has 0 aromatic heterocycles. The highest BCUT2D eigenvalue weighted by atomic mass is 16.5. The van der Waals surface area contributed by atoms with Crippen LogP contribution in [0.2, 0.25) is 0 Å². The number of hydrogen-bond donors (Lipinski definition) is 1. The summed E-state index contributed by atoms with van der Waals surface area (Å²) in [5.41, 5.74) is 2.57. The molecule has 104 valence electrons. The van der Waals surface area contributed by atoms with Crippen LogP contribution in [0.15, 0.2) is 24.3 Å². The normalized spacial score (nSPS) is 22.3. The number of benzene rings is 1. The maximum atomic E-state index is 5.27. The first-order valence-electron chi connectivity index (χ1n) is 7.46. The molecule has 0 bridgehead atoms. The van der Waals surface area contributed by atoms with Crippen LogP contribution in [-0.2, 0) is 5.41 Å². The molecule has 2 aliphatic rings. The molecule has 0 radical (unpaired) electrons. The fourth-order valence-electron chi connectivity index (χ4n) is 3.69. The van der Waals surface area contributed by atoms with Gasteiger partial charge in [0, 0.05) is 18.0 Å². The molecule has 2 nitrogen and oxygen atoms in total. The summed E-state index contributed by atoms with van der Waals surface area (Å²) in [7, 11) is 1.73. The SMILES string of the molecule is COc1ccc(C2(CNC(C)C)CC3(CC3)C2)cc1. The highest BCUT2D eigenvalue weighted by Gasteiger charge is 2.60. The molecule has 1 spiro atoms. The summed E-state index contributed by atoms with van der Waals surface area (Å²) in [5.74, 6) is 0.955. The van der Waals surface area contributed by atoms with Gasteiger partial charge in [-0.3, -0.25) is 0 Å². The van der Waals surface area contributed by atoms with Gasteiger partial charge in [0.2, 0.25) is 0 Å². The Hall–Kier alpha value is -1.02. The molecule has 0 amide bonds. The molecule has 1 N–H and O–H groups in total. The van der Waals surface area contributed by atoms with Gasteiger partial charge >= 0.3 is 0 Å². The molecule has 2 heteroatoms. The van der Waals surface area contributed by atoms with Crippen molar-refractivity contribution < 1.29 is 4.74 Å². The van der Waals surface area contributed by atoms with E-state index in [9.17, 15) is 0 Å². The highest BCUT2D eigenvalue weighted by molar-refractivity contribution is 5.37. The Kier molecular flexibility index (Phi) is 3.09. The Morgan fingerprint density at radius 3 is 2.26 bits per heavy atom. The van der Waals surface area contributed by atoms with Crippen molar-refractivity contribution in [3.05, 3.63) is 29.8 Å². The zero-order chi connectivity index (χ0) is 13.5. The predicted octanol–water partition coefficient (Wildman–Crippen LogP) is 3.51. The van der Waals surface area contributed by atoms with E-state index in [1.165, 1.54) is 31.2 Å². The number of nitrogens with one attached hydrogen (secondary N) is 1. The molecule has 1 aromatic carbocycles. The third kappa shape index (κ3) is 2.38. The van der Waals surface area contributed by atoms with Gasteiger partial charge < -0.3 is 10.1 Å². The van der Waals surface area contributed by atoms with Crippen molar-refractivity contribution in [3.63, 3.8) is 0 Å². The molecule has 0 unspecified atom stereocenters. The summed E-state index contributed by atoms with van der Waals surface area (Å²) in [4.78, 5) is 0. The molecule has 2 fully saturated rings. The van der Waals surface area contributed by atoms with Crippen LogP contribution in [0.3, 0.4) is 0 Å². The summed E-state index contributed by atoms with van der Waals surface area (Å²) < 4.78 is 5.27. The predicted molar refractivity (Wildman–Crippen MR) is 78.7 cm³/mol. The molecule has 0 saturated heterocycles. The minimum absolute atomic E-state index is 0.368. The van der Waals surface area contributed by atoms with E-state index in [-0.39, 0.29) is 0 Å². The monoisotopic (exact) mass is 259 g/mol. The Bertz CT molecular complexity index is 437. The van der Waals surface area contributed by atoms with Crippen molar-refractivity contribution in [2.75, 3.05) is 13.7 Å². The van der Waals surface area contributed by atoms with E-state index in [2.05, 4.69) is 43.4 Å². The maximum absolute atomic E-state index is 5.27. The Morgan fingerprint density at radius 1 is 1.16 bits per heavy atom. The zero-order valence-electron chi connectivity index (χ0n) is 12.3. The van der Waals surface area contributed by atoms with E-state index in [1.54, 1.807) is 7.11 Å². The van der Waals surface area contributed by atoms with E-state index in [0.29, 0.717) is 11.5 Å². The Morgan fingerprint density at radius 2 is 1.79 bits per heavy atom. The number of methoxy groups -OCH3 is 1. The first-order valence-corrected chi connectivity index (χ1v) is 7.46. The summed E-state index contributed by atoms with van der Waals surface area (Å²) in [6, 6.07) is 9.28. The van der Waals surface area contributed by atoms with E-state index >= 15 is 0 Å². The van der Waals surface area contributed by atoms with E-state index < -0.39 is 0 Å². The summed E-state index contributed by atoms with van der Waals surface area (Å²) in [6.07, 6.45) is 5.64. The van der Waals surface area contributed by atoms with Gasteiger partial charge in [-0.05, 0) is 48.8 Å². The molecule has 19 heavy (non-hydrogen) atoms. The van der Waals surface area contributed by atoms with Gasteiger partial charge in [0.15, 0.2) is 0 Å². The van der Waals surface area contributed by atoms with Crippen LogP contribution in [0.1, 0.15) is 45.1 Å². The van der Waals surface area contributed by atoms with E-state index in [0.717, 1.165) is 17.7 Å². The molecule has 3 rings (SSSR count). The highest BCUT2D eigenvalue weighted by Crippen LogP contribution is 2.68. The lowest BCUT2D eigenvalue weighted by Gasteiger charge is -2.50. The lowest BCUT2D eigenvalue weighted by Crippen LogP contribution is -2.50. The lowest BCUT2D eigenvalue weighted by atomic mass is 9.56. The van der Waals surface area contributed by atoms with Crippen LogP contribution < -0.4 is 10.1 Å². The smallest absolute Gasteiger partial charge is 0.118 e. The third-order valence-corrected chi connectivity index (χ3v) is 4.93. The molecule has 0 heterocycles. The topological polar surface area (TPSA) is 21.3 Å². The second kappa shape index (κ2) is 4.52. The number of rotatable bonds is 5. The van der Waals surface area contributed by atoms with Crippen LogP contribution in [-0.4, -0.2) is 19.7 Å². The van der Waals surface area contributed by atoms with Crippen molar-refractivity contribution in [2.45, 2.75) is 51.0 Å². The standard InChI is InChI=1S/C17H25NO/c1-13(2)18-12-17(10-16(11-17)8-9-16)14-4-6-15(19-3)7-5-14/h4-7,13,18H,8-12H2,1-3H3.